The van der Waals surface area contributed by atoms with E-state index in [0.717, 1.165) is 134 Å². The first-order chi connectivity index (χ1) is 47.7. The Morgan fingerprint density at radius 3 is 0.980 bits per heavy atom. The van der Waals surface area contributed by atoms with Gasteiger partial charge in [-0.05, 0) is 145 Å². The van der Waals surface area contributed by atoms with Crippen LogP contribution in [-0.2, 0) is 20.1 Å². The summed E-state index contributed by atoms with van der Waals surface area (Å²) in [7, 11) is 0. The van der Waals surface area contributed by atoms with Crippen LogP contribution >= 0.6 is 0 Å². The number of benzene rings is 10. The largest absolute Gasteiger partial charge is 3.00 e. The summed E-state index contributed by atoms with van der Waals surface area (Å²) in [6.07, 6.45) is 0. The third-order valence-corrected chi connectivity index (χ3v) is 19.6. The molecule has 0 saturated heterocycles. The molecule has 0 fully saturated rings. The number of nitrogens with zero attached hydrogens (tertiary/aromatic N) is 9. The molecule has 16 aromatic rings. The monoisotopic (exact) mass is 1490 g/mol. The molecule has 0 bridgehead atoms. The van der Waals surface area contributed by atoms with E-state index in [0.29, 0.717) is 34.4 Å². The van der Waals surface area contributed by atoms with Crippen molar-refractivity contribution in [3.63, 3.8) is 0 Å². The molecule has 0 aliphatic heterocycles. The van der Waals surface area contributed by atoms with E-state index in [1.54, 1.807) is 0 Å². The van der Waals surface area contributed by atoms with Crippen LogP contribution in [0.3, 0.4) is 0 Å². The van der Waals surface area contributed by atoms with Crippen molar-refractivity contribution in [3.8, 4) is 84.6 Å². The van der Waals surface area contributed by atoms with Crippen molar-refractivity contribution in [2.45, 2.75) is 139 Å². The molecule has 16 rings (SSSR count). The molecule has 498 valence electrons. The van der Waals surface area contributed by atoms with Gasteiger partial charge in [0.15, 0.2) is 17.7 Å². The van der Waals surface area contributed by atoms with Crippen LogP contribution in [0.4, 0.5) is 0 Å². The molecule has 0 amide bonds. The normalized spacial score (nSPS) is 12.2. The average Bonchev–Trinajstić information content (AvgIpc) is 1.57. The molecule has 6 heterocycles. The Bertz CT molecular complexity index is 5580. The summed E-state index contributed by atoms with van der Waals surface area (Å²) in [6.45, 7) is 32.9. The van der Waals surface area contributed by atoms with Crippen molar-refractivity contribution < 1.29 is 33.4 Å². The van der Waals surface area contributed by atoms with Crippen LogP contribution in [0.25, 0.3) is 151 Å². The van der Waals surface area contributed by atoms with Crippen LogP contribution in [0.1, 0.15) is 170 Å². The number of aryl methyl sites for hydroxylation is 3. The third-order valence-electron chi connectivity index (χ3n) is 19.6. The molecule has 0 aliphatic carbocycles. The number of rotatable bonds is 15. The summed E-state index contributed by atoms with van der Waals surface area (Å²) in [4.78, 5) is 31.5. The van der Waals surface area contributed by atoms with Crippen LogP contribution in [0.5, 0.6) is 0 Å². The molecule has 0 radical (unpaired) electrons. The van der Waals surface area contributed by atoms with Gasteiger partial charge in [0.2, 0.25) is 0 Å². The van der Waals surface area contributed by atoms with E-state index in [-0.39, 0.29) is 55.6 Å². The summed E-state index contributed by atoms with van der Waals surface area (Å²) in [5.41, 5.74) is 29.1. The maximum atomic E-state index is 6.04. The van der Waals surface area contributed by atoms with Crippen molar-refractivity contribution in [2.24, 2.45) is 0 Å². The molecular weight excluding hydrogens is 1410 g/mol. The number of hydrogen-bond acceptors (Lipinski definition) is 9. The van der Waals surface area contributed by atoms with Gasteiger partial charge in [-0.2, -0.15) is 0 Å². The fourth-order valence-electron chi connectivity index (χ4n) is 14.8. The van der Waals surface area contributed by atoms with Crippen LogP contribution in [-0.4, -0.2) is 43.6 Å². The maximum Gasteiger partial charge on any atom is 3.00 e. The molecule has 0 atom stereocenters. The van der Waals surface area contributed by atoms with Gasteiger partial charge in [0.1, 0.15) is 0 Å². The second-order valence-corrected chi connectivity index (χ2v) is 28.5. The van der Waals surface area contributed by atoms with Gasteiger partial charge in [-0.15, -0.1) is 71.3 Å². The van der Waals surface area contributed by atoms with Gasteiger partial charge in [-0.1, -0.05) is 162 Å². The first-order valence-electron chi connectivity index (χ1n) is 34.7. The van der Waals surface area contributed by atoms with Gasteiger partial charge in [0.05, 0.1) is 67.3 Å². The summed E-state index contributed by atoms with van der Waals surface area (Å²) < 4.78 is 25.1. The molecule has 13 heteroatoms. The molecule has 0 aliphatic rings. The minimum atomic E-state index is 0. The Morgan fingerprint density at radius 1 is 0.310 bits per heavy atom. The molecular formula is C87H78IrN9O3. The van der Waals surface area contributed by atoms with E-state index in [1.807, 2.05) is 39.0 Å². The van der Waals surface area contributed by atoms with E-state index in [9.17, 15) is 0 Å². The van der Waals surface area contributed by atoms with E-state index < -0.39 is 0 Å². The summed E-state index contributed by atoms with van der Waals surface area (Å²) in [5, 5.41) is 0. The predicted molar refractivity (Wildman–Crippen MR) is 401 cm³/mol. The second kappa shape index (κ2) is 25.4. The van der Waals surface area contributed by atoms with E-state index in [4.69, 9.17) is 43.2 Å². The van der Waals surface area contributed by atoms with Crippen molar-refractivity contribution in [2.75, 3.05) is 0 Å². The molecule has 12 nitrogen and oxygen atoms in total. The number of fused-ring (bicyclic) bond motifs is 6. The number of para-hydroxylation sites is 4. The Balaban J connectivity index is 0.00000812. The van der Waals surface area contributed by atoms with Crippen LogP contribution in [0.2, 0.25) is 0 Å². The molecule has 0 N–H and O–H groups in total. The van der Waals surface area contributed by atoms with Crippen molar-refractivity contribution in [1.82, 2.24) is 43.6 Å². The SMILES string of the molecule is Cc1nc2cc(-c3nc4cc(-c5cc(-c6ccc7c(c6)nc(-c6[c-]cc8oc(C)nc8c6)n7-c6c(C(C)C)cccc6C(C)C)cc(-c6cccc7c6nc(-c6[c-]cc8oc(C)nc8c6)n7-c6c(C(C)C)cccc6C(C)C)c5)ccc4n3-c3c(C(C)C)cccc3C(C)C)[c-]cc2o1.[Ir+3]. The first kappa shape index (κ1) is 65.6. The maximum absolute atomic E-state index is 6.04. The number of hydrogen-bond donors (Lipinski definition) is 0. The third kappa shape index (κ3) is 11.2. The first-order valence-corrected chi connectivity index (χ1v) is 34.7. The zero-order valence-corrected chi connectivity index (χ0v) is 61.5. The average molecular weight is 1490 g/mol. The van der Waals surface area contributed by atoms with Crippen LogP contribution in [0.15, 0.2) is 177 Å². The predicted octanol–water partition coefficient (Wildman–Crippen LogP) is 23.2. The van der Waals surface area contributed by atoms with Crippen LogP contribution < -0.4 is 0 Å². The zero-order chi connectivity index (χ0) is 68.6. The summed E-state index contributed by atoms with van der Waals surface area (Å²) >= 11 is 0. The van der Waals surface area contributed by atoms with Gasteiger partial charge in [-0.3, -0.25) is 15.0 Å². The van der Waals surface area contributed by atoms with Gasteiger partial charge < -0.3 is 27.0 Å². The second-order valence-electron chi connectivity index (χ2n) is 28.5. The minimum absolute atomic E-state index is 0. The zero-order valence-electron chi connectivity index (χ0n) is 59.1. The van der Waals surface area contributed by atoms with Crippen molar-refractivity contribution >= 4 is 66.4 Å². The molecule has 0 saturated carbocycles. The van der Waals surface area contributed by atoms with E-state index in [1.165, 1.54) is 33.4 Å². The summed E-state index contributed by atoms with van der Waals surface area (Å²) in [5.74, 6) is 5.44. The number of oxazole rings is 3. The Hall–Kier alpha value is -10.3. The van der Waals surface area contributed by atoms with Crippen molar-refractivity contribution in [3.05, 3.63) is 233 Å². The quantitative estimate of drug-likeness (QED) is 0.0921. The Labute approximate surface area is 596 Å². The van der Waals surface area contributed by atoms with Crippen LogP contribution in [0, 0.1) is 39.0 Å². The molecule has 10 aromatic carbocycles. The van der Waals surface area contributed by atoms with Gasteiger partial charge in [0.25, 0.3) is 0 Å². The fraction of sp³-hybridized carbons (Fsp3) is 0.241. The number of aromatic nitrogens is 9. The molecule has 6 aromatic heterocycles. The standard InChI is InChI=1S/C87H78N9O3.Ir/c1-46(2)63-20-16-21-64(47(3)4)82(63)94-75-33-28-55(41-70(75)91-85(94)57-30-35-78-72(43-57)88-52(13)97-78)60-38-61(56-29-34-76-71(42-56)92-86(58-31-36-79-73(44-58)89-53(14)98-79)95(76)83-65(48(5)6)22-17-23-66(83)49(7)8)40-62(39-60)69-26-19-27-77-81(69)93-87(59-32-37-80-74(45-59)90-54(15)99-80)96(77)84-67(50(9)10)24-18-25-68(84)51(11)12;/h16-29,33-51H,1-15H3;/q-3;+3. The van der Waals surface area contributed by atoms with Crippen molar-refractivity contribution in [1.29, 1.82) is 0 Å². The van der Waals surface area contributed by atoms with Gasteiger partial charge >= 0.3 is 20.1 Å². The smallest absolute Gasteiger partial charge is 0.488 e. The molecule has 0 unspecified atom stereocenters. The fourth-order valence-corrected chi connectivity index (χ4v) is 14.8. The van der Waals surface area contributed by atoms with Gasteiger partial charge in [0, 0.05) is 59.9 Å². The molecule has 0 spiro atoms. The minimum Gasteiger partial charge on any atom is -0.488 e. The van der Waals surface area contributed by atoms with E-state index in [2.05, 4.69) is 261 Å². The Morgan fingerprint density at radius 2 is 0.630 bits per heavy atom. The van der Waals surface area contributed by atoms with Gasteiger partial charge in [-0.25, -0.2) is 15.0 Å². The number of imidazole rings is 3. The van der Waals surface area contributed by atoms with E-state index >= 15 is 0 Å². The summed E-state index contributed by atoms with van der Waals surface area (Å²) in [6, 6.07) is 69.9. The topological polar surface area (TPSA) is 132 Å². The Kier molecular flexibility index (Phi) is 16.7. The molecule has 100 heavy (non-hydrogen) atoms.